The topological polar surface area (TPSA) is 53.1 Å². The molecule has 0 radical (unpaired) electrons. The van der Waals surface area contributed by atoms with Gasteiger partial charge < -0.3 is 9.88 Å². The lowest BCUT2D eigenvalue weighted by Crippen LogP contribution is -2.39. The zero-order chi connectivity index (χ0) is 38.6. The molecule has 2 heterocycles. The molecule has 58 heavy (non-hydrogen) atoms. The average molecular weight is 761 g/mol. The summed E-state index contributed by atoms with van der Waals surface area (Å²) in [5.74, 6) is 5.82. The molecule has 6 aromatic rings. The molecule has 4 aliphatic carbocycles. The summed E-state index contributed by atoms with van der Waals surface area (Å²) in [6.45, 7) is 0. The van der Waals surface area contributed by atoms with E-state index < -0.39 is 0 Å². The molecule has 1 N–H and O–H groups in total. The first-order valence-electron chi connectivity index (χ1n) is 22.8. The second-order valence-corrected chi connectivity index (χ2v) is 18.5. The van der Waals surface area contributed by atoms with E-state index in [0.717, 1.165) is 52.7 Å². The summed E-state index contributed by atoms with van der Waals surface area (Å²) in [6, 6.07) is 45.6. The van der Waals surface area contributed by atoms with E-state index in [9.17, 15) is 5.26 Å². The van der Waals surface area contributed by atoms with Crippen LogP contribution in [0.1, 0.15) is 130 Å². The fourth-order valence-electron chi connectivity index (χ4n) is 13.0. The van der Waals surface area contributed by atoms with Gasteiger partial charge in [-0.3, -0.25) is 4.99 Å². The predicted octanol–water partition coefficient (Wildman–Crippen LogP) is 13.8. The summed E-state index contributed by atoms with van der Waals surface area (Å²) < 4.78 is 2.42. The number of fused-ring (bicyclic) bond motifs is 6. The van der Waals surface area contributed by atoms with Gasteiger partial charge in [-0.2, -0.15) is 5.26 Å². The zero-order valence-corrected chi connectivity index (χ0v) is 33.8. The maximum absolute atomic E-state index is 11.1. The van der Waals surface area contributed by atoms with Crippen LogP contribution in [-0.4, -0.2) is 10.4 Å². The van der Waals surface area contributed by atoms with Crippen LogP contribution in [0.3, 0.4) is 0 Å². The highest BCUT2D eigenvalue weighted by atomic mass is 15.1. The number of nitriles is 1. The SMILES string of the molecule is N#Cc1cc(-n2c3ccccc3c3ccccc32)c(-c2ccc(C3C4CCCCC4C4CCCCC43)cc2)cc1C1CC(c2ccccc2)N=C(C2CCCCC2)N1. The smallest absolute Gasteiger partial charge is 0.101 e. The number of rotatable bonds is 6. The molecule has 0 amide bonds. The van der Waals surface area contributed by atoms with Gasteiger partial charge in [0.15, 0.2) is 0 Å². The van der Waals surface area contributed by atoms with Gasteiger partial charge in [-0.15, -0.1) is 0 Å². The van der Waals surface area contributed by atoms with Crippen LogP contribution in [0.25, 0.3) is 38.6 Å². The van der Waals surface area contributed by atoms with E-state index in [2.05, 4.69) is 131 Å². The van der Waals surface area contributed by atoms with Gasteiger partial charge in [-0.1, -0.05) is 136 Å². The van der Waals surface area contributed by atoms with Crippen molar-refractivity contribution in [1.82, 2.24) is 9.88 Å². The normalized spacial score (nSPS) is 27.4. The highest BCUT2D eigenvalue weighted by Gasteiger charge is 2.51. The van der Waals surface area contributed by atoms with Gasteiger partial charge in [0.05, 0.1) is 40.4 Å². The Balaban J connectivity index is 1.06. The van der Waals surface area contributed by atoms with Gasteiger partial charge in [0.1, 0.15) is 5.84 Å². The van der Waals surface area contributed by atoms with E-state index in [1.807, 2.05) is 0 Å². The summed E-state index contributed by atoms with van der Waals surface area (Å²) in [5, 5.41) is 17.6. The van der Waals surface area contributed by atoms with Crippen LogP contribution < -0.4 is 5.32 Å². The van der Waals surface area contributed by atoms with Gasteiger partial charge in [0, 0.05) is 22.3 Å². The molecule has 1 aliphatic heterocycles. The molecule has 1 aromatic heterocycles. The van der Waals surface area contributed by atoms with Crippen molar-refractivity contribution in [3.63, 3.8) is 0 Å². The molecule has 0 bridgehead atoms. The van der Waals surface area contributed by atoms with Crippen LogP contribution in [0.15, 0.2) is 120 Å². The number of aromatic nitrogens is 1. The van der Waals surface area contributed by atoms with E-state index in [-0.39, 0.29) is 12.1 Å². The Hall–Kier alpha value is -5.14. The third-order valence-corrected chi connectivity index (χ3v) is 15.6. The molecular weight excluding hydrogens is 705 g/mol. The van der Waals surface area contributed by atoms with E-state index in [1.165, 1.54) is 122 Å². The molecule has 4 fully saturated rings. The van der Waals surface area contributed by atoms with Gasteiger partial charge in [-0.05, 0) is 121 Å². The summed E-state index contributed by atoms with van der Waals surface area (Å²) in [4.78, 5) is 5.44. The third-order valence-electron chi connectivity index (χ3n) is 15.6. The molecule has 5 aromatic carbocycles. The largest absolute Gasteiger partial charge is 0.367 e. The molecule has 5 aliphatic rings. The molecule has 0 saturated heterocycles. The van der Waals surface area contributed by atoms with Crippen molar-refractivity contribution in [2.24, 2.45) is 34.6 Å². The molecule has 4 heteroatoms. The highest BCUT2D eigenvalue weighted by Crippen LogP contribution is 2.61. The first-order chi connectivity index (χ1) is 28.7. The number of para-hydroxylation sites is 2. The van der Waals surface area contributed by atoms with Crippen molar-refractivity contribution in [2.75, 3.05) is 0 Å². The lowest BCUT2D eigenvalue weighted by molar-refractivity contribution is 0.184. The number of nitrogens with zero attached hydrogens (tertiary/aromatic N) is 3. The van der Waals surface area contributed by atoms with Gasteiger partial charge in [0.2, 0.25) is 0 Å². The number of hydrogen-bond donors (Lipinski definition) is 1. The second-order valence-electron chi connectivity index (χ2n) is 18.5. The van der Waals surface area contributed by atoms with Crippen LogP contribution in [0, 0.1) is 40.9 Å². The molecule has 0 spiro atoms. The van der Waals surface area contributed by atoms with Crippen molar-refractivity contribution in [1.29, 1.82) is 5.26 Å². The fourth-order valence-corrected chi connectivity index (χ4v) is 13.0. The van der Waals surface area contributed by atoms with Crippen LogP contribution in [0.4, 0.5) is 0 Å². The molecule has 292 valence electrons. The Bertz CT molecular complexity index is 2440. The first-order valence-corrected chi connectivity index (χ1v) is 22.8. The molecule has 6 unspecified atom stereocenters. The van der Waals surface area contributed by atoms with E-state index in [1.54, 1.807) is 5.56 Å². The standard InChI is InChI=1S/C54H56N4/c55-34-39-31-52(58-50-25-13-11-21-42(50)43-22-12-14-26-51(43)58)47(35-27-29-37(30-28-35)53-44-23-9-7-19-40(44)41-20-8-10-24-45(41)53)32-46(39)49-33-48(36-15-3-1-4-16-36)56-54(57-49)38-17-5-2-6-18-38/h1,3-4,11-16,21-22,25-32,38,40-41,44-45,48-49,53H,2,5-10,17-20,23-24,33H2,(H,56,57). The summed E-state index contributed by atoms with van der Waals surface area (Å²) in [5.41, 5.74) is 10.5. The number of aliphatic imine (C=N–C) groups is 1. The summed E-state index contributed by atoms with van der Waals surface area (Å²) in [6.07, 6.45) is 18.4. The quantitative estimate of drug-likeness (QED) is 0.184. The van der Waals surface area contributed by atoms with Crippen LogP contribution >= 0.6 is 0 Å². The minimum absolute atomic E-state index is 0.0236. The number of amidine groups is 1. The van der Waals surface area contributed by atoms with Crippen molar-refractivity contribution >= 4 is 27.6 Å². The van der Waals surface area contributed by atoms with Gasteiger partial charge in [-0.25, -0.2) is 0 Å². The minimum atomic E-state index is -0.0236. The van der Waals surface area contributed by atoms with E-state index >= 15 is 0 Å². The van der Waals surface area contributed by atoms with Gasteiger partial charge in [0.25, 0.3) is 0 Å². The van der Waals surface area contributed by atoms with Crippen LogP contribution in [0.2, 0.25) is 0 Å². The Morgan fingerprint density at radius 3 is 1.81 bits per heavy atom. The summed E-state index contributed by atoms with van der Waals surface area (Å²) >= 11 is 0. The Labute approximate surface area is 344 Å². The van der Waals surface area contributed by atoms with Crippen molar-refractivity contribution in [3.8, 4) is 22.9 Å². The van der Waals surface area contributed by atoms with E-state index in [0.29, 0.717) is 11.8 Å². The van der Waals surface area contributed by atoms with Crippen molar-refractivity contribution in [2.45, 2.75) is 108 Å². The predicted molar refractivity (Wildman–Crippen MR) is 238 cm³/mol. The Morgan fingerprint density at radius 2 is 1.17 bits per heavy atom. The van der Waals surface area contributed by atoms with E-state index in [4.69, 9.17) is 4.99 Å². The highest BCUT2D eigenvalue weighted by molar-refractivity contribution is 6.09. The summed E-state index contributed by atoms with van der Waals surface area (Å²) in [7, 11) is 0. The lowest BCUT2D eigenvalue weighted by Gasteiger charge is -2.35. The molecule has 11 rings (SSSR count). The lowest BCUT2D eigenvalue weighted by atomic mass is 9.73. The molecule has 6 atom stereocenters. The first kappa shape index (κ1) is 36.0. The Morgan fingerprint density at radius 1 is 0.586 bits per heavy atom. The molecule has 4 saturated carbocycles. The average Bonchev–Trinajstić information content (AvgIpc) is 3.82. The maximum Gasteiger partial charge on any atom is 0.101 e. The molecular formula is C54H56N4. The van der Waals surface area contributed by atoms with Crippen LogP contribution in [-0.2, 0) is 0 Å². The van der Waals surface area contributed by atoms with Gasteiger partial charge >= 0.3 is 0 Å². The zero-order valence-electron chi connectivity index (χ0n) is 33.8. The van der Waals surface area contributed by atoms with Crippen molar-refractivity contribution in [3.05, 3.63) is 138 Å². The van der Waals surface area contributed by atoms with Crippen LogP contribution in [0.5, 0.6) is 0 Å². The van der Waals surface area contributed by atoms with Crippen molar-refractivity contribution < 1.29 is 0 Å². The maximum atomic E-state index is 11.1. The fraction of sp³-hybridized carbons (Fsp3) is 0.407. The number of hydrogen-bond acceptors (Lipinski definition) is 3. The molecule has 4 nitrogen and oxygen atoms in total. The Kier molecular flexibility index (Phi) is 9.45. The number of benzene rings is 5. The number of nitrogens with one attached hydrogen (secondary N) is 1. The monoisotopic (exact) mass is 760 g/mol. The third kappa shape index (κ3) is 6.20. The second kappa shape index (κ2) is 15.2. The minimum Gasteiger partial charge on any atom is -0.367 e.